The molecule has 1 aliphatic rings. The quantitative estimate of drug-likeness (QED) is 0.742. The van der Waals surface area contributed by atoms with Gasteiger partial charge < -0.3 is 10.2 Å². The Morgan fingerprint density at radius 3 is 2.41 bits per heavy atom. The van der Waals surface area contributed by atoms with Gasteiger partial charge in [0.15, 0.2) is 0 Å². The van der Waals surface area contributed by atoms with Crippen molar-refractivity contribution in [3.8, 4) is 0 Å². The van der Waals surface area contributed by atoms with Crippen molar-refractivity contribution >= 4 is 27.3 Å². The van der Waals surface area contributed by atoms with Crippen molar-refractivity contribution in [2.75, 3.05) is 5.73 Å². The molecule has 1 aliphatic carbocycles. The molecule has 0 aliphatic heterocycles. The highest BCUT2D eigenvalue weighted by Gasteiger charge is 2.30. The van der Waals surface area contributed by atoms with Crippen LogP contribution >= 0.6 is 11.6 Å². The maximum Gasteiger partial charge on any atom is 0.240 e. The van der Waals surface area contributed by atoms with E-state index in [0.29, 0.717) is 29.6 Å². The van der Waals surface area contributed by atoms with E-state index in [9.17, 15) is 8.42 Å². The van der Waals surface area contributed by atoms with Crippen LogP contribution in [-0.4, -0.2) is 24.7 Å². The van der Waals surface area contributed by atoms with E-state index in [0.717, 1.165) is 12.8 Å². The van der Waals surface area contributed by atoms with Crippen LogP contribution in [0, 0.1) is 0 Å². The fourth-order valence-corrected chi connectivity index (χ4v) is 4.59. The van der Waals surface area contributed by atoms with Crippen molar-refractivity contribution in [3.05, 3.63) is 35.0 Å². The Hall–Kier alpha value is -1.64. The number of hydrogen-bond donors (Lipinski definition) is 2. The second-order valence-electron chi connectivity index (χ2n) is 8.05. The van der Waals surface area contributed by atoms with E-state index in [1.807, 2.05) is 20.8 Å². The first kappa shape index (κ1) is 20.1. The average Bonchev–Trinajstić information content (AvgIpc) is 3.08. The lowest BCUT2D eigenvalue weighted by atomic mass is 9.86. The number of nitrogens with zero attached hydrogens (tertiary/aromatic N) is 2. The highest BCUT2D eigenvalue weighted by atomic mass is 35.5. The largest absolute Gasteiger partial charge is 0.424 e. The second-order valence-corrected chi connectivity index (χ2v) is 10.2. The zero-order valence-corrected chi connectivity index (χ0v) is 17.3. The number of sulfonamides is 1. The summed E-state index contributed by atoms with van der Waals surface area (Å²) in [7, 11) is -3.64. The molecule has 148 valence electrons. The Morgan fingerprint density at radius 1 is 1.19 bits per heavy atom. The summed E-state index contributed by atoms with van der Waals surface area (Å²) in [5.41, 5.74) is 5.78. The summed E-state index contributed by atoms with van der Waals surface area (Å²) in [6.45, 7) is 6.08. The third kappa shape index (κ3) is 4.62. The van der Waals surface area contributed by atoms with Gasteiger partial charge in [0, 0.05) is 17.4 Å². The van der Waals surface area contributed by atoms with Crippen LogP contribution in [0.1, 0.15) is 64.2 Å². The number of aromatic nitrogens is 2. The van der Waals surface area contributed by atoms with Crippen LogP contribution in [0.4, 0.5) is 5.69 Å². The maximum absolute atomic E-state index is 12.6. The summed E-state index contributed by atoms with van der Waals surface area (Å²) in [5.74, 6) is 1.44. The molecule has 0 atom stereocenters. The van der Waals surface area contributed by atoms with Gasteiger partial charge in [-0.25, -0.2) is 13.1 Å². The smallest absolute Gasteiger partial charge is 0.240 e. The van der Waals surface area contributed by atoms with Gasteiger partial charge in [-0.05, 0) is 43.9 Å². The van der Waals surface area contributed by atoms with E-state index >= 15 is 0 Å². The number of anilines is 1. The van der Waals surface area contributed by atoms with Gasteiger partial charge in [0.2, 0.25) is 21.8 Å². The molecule has 1 aromatic carbocycles. The van der Waals surface area contributed by atoms with Crippen molar-refractivity contribution in [2.45, 2.75) is 68.7 Å². The Balaban J connectivity index is 1.62. The van der Waals surface area contributed by atoms with Crippen LogP contribution in [0.2, 0.25) is 5.02 Å². The Labute approximate surface area is 164 Å². The van der Waals surface area contributed by atoms with Crippen molar-refractivity contribution < 1.29 is 12.8 Å². The standard InChI is InChI=1S/C18H25ClN4O3S/c1-18(2,3)17-22-21-16(26-17)11-4-6-12(7-5-11)23-27(24,25)13-8-9-14(19)15(20)10-13/h8-12,23H,4-7,20H2,1-3H3. The van der Waals surface area contributed by atoms with Crippen molar-refractivity contribution in [1.29, 1.82) is 0 Å². The Morgan fingerprint density at radius 2 is 1.85 bits per heavy atom. The van der Waals surface area contributed by atoms with E-state index in [-0.39, 0.29) is 28.0 Å². The predicted molar refractivity (Wildman–Crippen MR) is 104 cm³/mol. The van der Waals surface area contributed by atoms with Crippen LogP contribution in [0.3, 0.4) is 0 Å². The van der Waals surface area contributed by atoms with E-state index in [1.54, 1.807) is 0 Å². The lowest BCUT2D eigenvalue weighted by Crippen LogP contribution is -2.37. The van der Waals surface area contributed by atoms with Crippen LogP contribution in [0.25, 0.3) is 0 Å². The highest BCUT2D eigenvalue weighted by molar-refractivity contribution is 7.89. The molecule has 1 fully saturated rings. The number of hydrogen-bond acceptors (Lipinski definition) is 6. The van der Waals surface area contributed by atoms with Crippen LogP contribution < -0.4 is 10.5 Å². The molecule has 0 bridgehead atoms. The number of halogens is 1. The third-order valence-electron chi connectivity index (χ3n) is 4.76. The van der Waals surface area contributed by atoms with Crippen LogP contribution in [-0.2, 0) is 15.4 Å². The third-order valence-corrected chi connectivity index (χ3v) is 6.62. The van der Waals surface area contributed by atoms with E-state index < -0.39 is 10.0 Å². The summed E-state index contributed by atoms with van der Waals surface area (Å²) in [4.78, 5) is 0.123. The van der Waals surface area contributed by atoms with E-state index in [1.165, 1.54) is 18.2 Å². The first-order chi connectivity index (χ1) is 12.6. The highest BCUT2D eigenvalue weighted by Crippen LogP contribution is 2.34. The van der Waals surface area contributed by atoms with Gasteiger partial charge in [-0.1, -0.05) is 32.4 Å². The normalized spacial score (nSPS) is 21.3. The molecule has 0 saturated heterocycles. The minimum Gasteiger partial charge on any atom is -0.424 e. The zero-order valence-electron chi connectivity index (χ0n) is 15.7. The molecule has 3 N–H and O–H groups in total. The molecule has 9 heteroatoms. The molecule has 2 aromatic rings. The summed E-state index contributed by atoms with van der Waals surface area (Å²) in [6, 6.07) is 4.19. The summed E-state index contributed by atoms with van der Waals surface area (Å²) in [6.07, 6.45) is 3.00. The molecule has 7 nitrogen and oxygen atoms in total. The molecule has 1 saturated carbocycles. The molecule has 0 radical (unpaired) electrons. The summed E-state index contributed by atoms with van der Waals surface area (Å²) < 4.78 is 33.8. The first-order valence-electron chi connectivity index (χ1n) is 8.97. The van der Waals surface area contributed by atoms with Crippen molar-refractivity contribution in [2.24, 2.45) is 0 Å². The number of nitrogens with two attached hydrogens (primary N) is 1. The number of nitrogen functional groups attached to an aromatic ring is 1. The molecule has 3 rings (SSSR count). The van der Waals surface area contributed by atoms with Gasteiger partial charge in [-0.2, -0.15) is 0 Å². The molecular formula is C18H25ClN4O3S. The SMILES string of the molecule is CC(C)(C)c1nnc(C2CCC(NS(=O)(=O)c3ccc(Cl)c(N)c3)CC2)o1. The topological polar surface area (TPSA) is 111 Å². The first-order valence-corrected chi connectivity index (χ1v) is 10.8. The molecule has 0 spiro atoms. The number of benzene rings is 1. The van der Waals surface area contributed by atoms with Gasteiger partial charge in [0.25, 0.3) is 0 Å². The molecule has 0 unspecified atom stereocenters. The maximum atomic E-state index is 12.6. The Bertz CT molecular complexity index is 913. The lowest BCUT2D eigenvalue weighted by molar-refractivity contribution is 0.304. The molecule has 1 heterocycles. The summed E-state index contributed by atoms with van der Waals surface area (Å²) in [5, 5.41) is 8.67. The number of rotatable bonds is 4. The van der Waals surface area contributed by atoms with E-state index in [4.69, 9.17) is 21.8 Å². The van der Waals surface area contributed by atoms with Gasteiger partial charge in [-0.15, -0.1) is 10.2 Å². The van der Waals surface area contributed by atoms with Crippen molar-refractivity contribution in [1.82, 2.24) is 14.9 Å². The van der Waals surface area contributed by atoms with Gasteiger partial charge in [0.1, 0.15) is 0 Å². The number of nitrogens with one attached hydrogen (secondary N) is 1. The minimum atomic E-state index is -3.64. The second kappa shape index (κ2) is 7.41. The van der Waals surface area contributed by atoms with Crippen molar-refractivity contribution in [3.63, 3.8) is 0 Å². The molecule has 1 aromatic heterocycles. The fourth-order valence-electron chi connectivity index (χ4n) is 3.14. The fraction of sp³-hybridized carbons (Fsp3) is 0.556. The molecular weight excluding hydrogens is 388 g/mol. The minimum absolute atomic E-state index is 0.123. The molecule has 27 heavy (non-hydrogen) atoms. The lowest BCUT2D eigenvalue weighted by Gasteiger charge is -2.27. The predicted octanol–water partition coefficient (Wildman–Crippen LogP) is 3.61. The van der Waals surface area contributed by atoms with Crippen LogP contribution in [0.5, 0.6) is 0 Å². The average molecular weight is 413 g/mol. The van der Waals surface area contributed by atoms with E-state index in [2.05, 4.69) is 14.9 Å². The molecule has 0 amide bonds. The van der Waals surface area contributed by atoms with Gasteiger partial charge in [0.05, 0.1) is 15.6 Å². The van der Waals surface area contributed by atoms with Gasteiger partial charge in [-0.3, -0.25) is 0 Å². The zero-order chi connectivity index (χ0) is 19.8. The Kier molecular flexibility index (Phi) is 5.52. The monoisotopic (exact) mass is 412 g/mol. The summed E-state index contributed by atoms with van der Waals surface area (Å²) >= 11 is 5.87. The van der Waals surface area contributed by atoms with Crippen LogP contribution in [0.15, 0.2) is 27.5 Å². The van der Waals surface area contributed by atoms with Gasteiger partial charge >= 0.3 is 0 Å².